The lowest BCUT2D eigenvalue weighted by Crippen LogP contribution is -2.19. The van der Waals surface area contributed by atoms with Crippen LogP contribution in [-0.2, 0) is 4.79 Å². The Balaban J connectivity index is 1.54. The number of carbonyl (C=O) groups excluding carboxylic acids is 1. The maximum atomic E-state index is 12.2. The fourth-order valence-electron chi connectivity index (χ4n) is 2.67. The Morgan fingerprint density at radius 1 is 1.06 bits per heavy atom. The van der Waals surface area contributed by atoms with Gasteiger partial charge in [-0.15, -0.1) is 10.2 Å². The summed E-state index contributed by atoms with van der Waals surface area (Å²) < 4.78 is 6.99. The zero-order valence-corrected chi connectivity index (χ0v) is 18.2. The number of amides is 1. The zero-order chi connectivity index (χ0) is 21.6. The normalized spacial score (nSPS) is 11.2. The minimum atomic E-state index is -0.286. The van der Waals surface area contributed by atoms with Gasteiger partial charge in [0.15, 0.2) is 11.0 Å². The van der Waals surface area contributed by atoms with E-state index in [9.17, 15) is 4.79 Å². The summed E-state index contributed by atoms with van der Waals surface area (Å²) in [5.74, 6) is 0.981. The monoisotopic (exact) mass is 471 g/mol. The highest BCUT2D eigenvalue weighted by Crippen LogP contribution is 2.29. The van der Waals surface area contributed by atoms with Crippen molar-refractivity contribution in [2.45, 2.75) is 5.16 Å². The van der Waals surface area contributed by atoms with Crippen LogP contribution < -0.4 is 5.43 Å². The van der Waals surface area contributed by atoms with Crippen LogP contribution >= 0.6 is 35.0 Å². The number of nitrogens with zero attached hydrogens (tertiary/aromatic N) is 4. The van der Waals surface area contributed by atoms with E-state index in [0.29, 0.717) is 26.8 Å². The molecule has 2 aromatic carbocycles. The van der Waals surface area contributed by atoms with Gasteiger partial charge in [0.05, 0.1) is 18.2 Å². The Morgan fingerprint density at radius 3 is 2.45 bits per heavy atom. The van der Waals surface area contributed by atoms with Crippen molar-refractivity contribution in [2.24, 2.45) is 5.10 Å². The minimum Gasteiger partial charge on any atom is -0.463 e. The predicted octanol–water partition coefficient (Wildman–Crippen LogP) is 5.08. The zero-order valence-electron chi connectivity index (χ0n) is 15.9. The molecule has 0 aliphatic carbocycles. The first-order valence-corrected chi connectivity index (χ1v) is 10.8. The number of furan rings is 1. The number of aromatic nitrogens is 3. The van der Waals surface area contributed by atoms with Crippen LogP contribution in [0.2, 0.25) is 10.0 Å². The van der Waals surface area contributed by atoms with E-state index in [-0.39, 0.29) is 11.7 Å². The summed E-state index contributed by atoms with van der Waals surface area (Å²) in [6.45, 7) is 0. The third-order valence-electron chi connectivity index (χ3n) is 4.08. The summed E-state index contributed by atoms with van der Waals surface area (Å²) in [4.78, 5) is 12.2. The van der Waals surface area contributed by atoms with Crippen LogP contribution in [0.3, 0.4) is 0 Å². The molecule has 0 atom stereocenters. The molecule has 2 aromatic heterocycles. The lowest BCUT2D eigenvalue weighted by atomic mass is 10.2. The van der Waals surface area contributed by atoms with Crippen molar-refractivity contribution in [3.63, 3.8) is 0 Å². The molecule has 0 saturated heterocycles. The maximum absolute atomic E-state index is 12.2. The van der Waals surface area contributed by atoms with Crippen molar-refractivity contribution < 1.29 is 9.21 Å². The standard InChI is InChI=1S/C21H15Cl2N5O2S/c22-15-5-3-14(4-6-15)20-26-27-21(28(20)17-9-7-16(23)8-10-17)31-13-19(29)25-24-12-18-2-1-11-30-18/h1-12H,13H2,(H,25,29)/b24-12-. The van der Waals surface area contributed by atoms with E-state index in [1.807, 2.05) is 28.8 Å². The molecule has 0 saturated carbocycles. The predicted molar refractivity (Wildman–Crippen MR) is 122 cm³/mol. The first-order chi connectivity index (χ1) is 15.1. The third-order valence-corrected chi connectivity index (χ3v) is 5.51. The molecule has 1 N–H and O–H groups in total. The second-order valence-electron chi connectivity index (χ2n) is 6.22. The van der Waals surface area contributed by atoms with Crippen molar-refractivity contribution in [3.05, 3.63) is 82.7 Å². The molecule has 31 heavy (non-hydrogen) atoms. The lowest BCUT2D eigenvalue weighted by Gasteiger charge is -2.10. The number of carbonyl (C=O) groups is 1. The molecular formula is C21H15Cl2N5O2S. The third kappa shape index (κ3) is 5.35. The molecule has 10 heteroatoms. The van der Waals surface area contributed by atoms with E-state index in [2.05, 4.69) is 20.7 Å². The Hall–Kier alpha value is -3.07. The molecule has 0 aliphatic rings. The number of halogens is 2. The second-order valence-corrected chi connectivity index (χ2v) is 8.04. The largest absolute Gasteiger partial charge is 0.463 e. The summed E-state index contributed by atoms with van der Waals surface area (Å²) in [5, 5.41) is 14.3. The number of rotatable bonds is 7. The Morgan fingerprint density at radius 2 is 1.77 bits per heavy atom. The highest BCUT2D eigenvalue weighted by atomic mass is 35.5. The molecule has 0 unspecified atom stereocenters. The van der Waals surface area contributed by atoms with Crippen LogP contribution in [0.25, 0.3) is 17.1 Å². The van der Waals surface area contributed by atoms with Gasteiger partial charge in [-0.25, -0.2) is 5.43 Å². The summed E-state index contributed by atoms with van der Waals surface area (Å²) in [6.07, 6.45) is 2.96. The molecule has 0 bridgehead atoms. The molecule has 4 rings (SSSR count). The average Bonchev–Trinajstić information content (AvgIpc) is 3.43. The van der Waals surface area contributed by atoms with Crippen molar-refractivity contribution >= 4 is 47.1 Å². The number of hydrogen-bond donors (Lipinski definition) is 1. The first-order valence-electron chi connectivity index (χ1n) is 9.05. The Bertz CT molecular complexity index is 1190. The molecule has 2 heterocycles. The van der Waals surface area contributed by atoms with Gasteiger partial charge in [-0.3, -0.25) is 9.36 Å². The Kier molecular flexibility index (Phi) is 6.71. The van der Waals surface area contributed by atoms with Gasteiger partial charge < -0.3 is 4.42 Å². The second kappa shape index (κ2) is 9.82. The van der Waals surface area contributed by atoms with Gasteiger partial charge in [-0.2, -0.15) is 5.10 Å². The minimum absolute atomic E-state index is 0.0990. The van der Waals surface area contributed by atoms with Gasteiger partial charge in [0.2, 0.25) is 0 Å². The Labute approximate surface area is 192 Å². The molecule has 0 aliphatic heterocycles. The molecular weight excluding hydrogens is 457 g/mol. The van der Waals surface area contributed by atoms with Crippen molar-refractivity contribution in [2.75, 3.05) is 5.75 Å². The van der Waals surface area contributed by atoms with Gasteiger partial charge in [0.25, 0.3) is 5.91 Å². The van der Waals surface area contributed by atoms with Crippen LogP contribution in [0.5, 0.6) is 0 Å². The van der Waals surface area contributed by atoms with Crippen LogP contribution in [-0.4, -0.2) is 32.6 Å². The quantitative estimate of drug-likeness (QED) is 0.231. The van der Waals surface area contributed by atoms with E-state index < -0.39 is 0 Å². The van der Waals surface area contributed by atoms with Crippen molar-refractivity contribution in [1.82, 2.24) is 20.2 Å². The number of hydrogen-bond acceptors (Lipinski definition) is 6. The lowest BCUT2D eigenvalue weighted by molar-refractivity contribution is -0.118. The van der Waals surface area contributed by atoms with Crippen LogP contribution in [0.4, 0.5) is 0 Å². The highest BCUT2D eigenvalue weighted by molar-refractivity contribution is 7.99. The van der Waals surface area contributed by atoms with Gasteiger partial charge in [0, 0.05) is 21.3 Å². The molecule has 1 amide bonds. The topological polar surface area (TPSA) is 85.3 Å². The van der Waals surface area contributed by atoms with E-state index in [4.69, 9.17) is 27.6 Å². The van der Waals surface area contributed by atoms with Crippen LogP contribution in [0.15, 0.2) is 81.6 Å². The van der Waals surface area contributed by atoms with Crippen LogP contribution in [0, 0.1) is 0 Å². The van der Waals surface area contributed by atoms with E-state index in [0.717, 1.165) is 11.3 Å². The number of thioether (sulfide) groups is 1. The number of nitrogens with one attached hydrogen (secondary N) is 1. The van der Waals surface area contributed by atoms with Crippen molar-refractivity contribution in [3.8, 4) is 17.1 Å². The summed E-state index contributed by atoms with van der Waals surface area (Å²) in [5.41, 5.74) is 4.12. The first kappa shape index (κ1) is 21.2. The van der Waals surface area contributed by atoms with Gasteiger partial charge in [-0.1, -0.05) is 35.0 Å². The average molecular weight is 472 g/mol. The molecule has 0 fully saturated rings. The maximum Gasteiger partial charge on any atom is 0.250 e. The molecule has 0 spiro atoms. The van der Waals surface area contributed by atoms with Crippen molar-refractivity contribution in [1.29, 1.82) is 0 Å². The SMILES string of the molecule is O=C(CSc1nnc(-c2ccc(Cl)cc2)n1-c1ccc(Cl)cc1)N/N=C\c1ccco1. The van der Waals surface area contributed by atoms with Gasteiger partial charge >= 0.3 is 0 Å². The smallest absolute Gasteiger partial charge is 0.250 e. The number of hydrazone groups is 1. The summed E-state index contributed by atoms with van der Waals surface area (Å²) in [6, 6.07) is 18.1. The van der Waals surface area contributed by atoms with Gasteiger partial charge in [0.1, 0.15) is 5.76 Å². The fourth-order valence-corrected chi connectivity index (χ4v) is 3.66. The van der Waals surface area contributed by atoms with Crippen LogP contribution in [0.1, 0.15) is 5.76 Å². The fraction of sp³-hybridized carbons (Fsp3) is 0.0476. The molecule has 7 nitrogen and oxygen atoms in total. The van der Waals surface area contributed by atoms with E-state index >= 15 is 0 Å². The van der Waals surface area contributed by atoms with Gasteiger partial charge in [-0.05, 0) is 60.7 Å². The number of benzene rings is 2. The highest BCUT2D eigenvalue weighted by Gasteiger charge is 2.17. The molecule has 156 valence electrons. The van der Waals surface area contributed by atoms with E-state index in [1.54, 1.807) is 36.4 Å². The molecule has 0 radical (unpaired) electrons. The summed E-state index contributed by atoms with van der Waals surface area (Å²) in [7, 11) is 0. The molecule has 4 aromatic rings. The summed E-state index contributed by atoms with van der Waals surface area (Å²) >= 11 is 13.3. The van der Waals surface area contributed by atoms with E-state index in [1.165, 1.54) is 24.2 Å².